The number of anilines is 1. The van der Waals surface area contributed by atoms with Crippen molar-refractivity contribution in [1.82, 2.24) is 15.1 Å². The molecule has 0 aromatic carbocycles. The highest BCUT2D eigenvalue weighted by molar-refractivity contribution is 9.11. The maximum Gasteiger partial charge on any atom is 0.261 e. The van der Waals surface area contributed by atoms with Crippen molar-refractivity contribution in [3.63, 3.8) is 0 Å². The first-order chi connectivity index (χ1) is 10.1. The molecule has 0 unspecified atom stereocenters. The third-order valence-corrected chi connectivity index (χ3v) is 4.98. The van der Waals surface area contributed by atoms with Gasteiger partial charge in [-0.2, -0.15) is 4.98 Å². The monoisotopic (exact) mass is 428 g/mol. The van der Waals surface area contributed by atoms with E-state index in [0.717, 1.165) is 20.9 Å². The fraction of sp³-hybridized carbons (Fsp3) is 0.154. The van der Waals surface area contributed by atoms with Crippen molar-refractivity contribution in [3.05, 3.63) is 32.2 Å². The summed E-state index contributed by atoms with van der Waals surface area (Å²) in [4.78, 5) is 9.87. The summed E-state index contributed by atoms with van der Waals surface area (Å²) in [7, 11) is 0. The van der Waals surface area contributed by atoms with Crippen LogP contribution in [0.2, 0.25) is 0 Å². The summed E-state index contributed by atoms with van der Waals surface area (Å²) in [5.74, 6) is 0.836. The molecule has 0 aliphatic rings. The van der Waals surface area contributed by atoms with Crippen LogP contribution in [0.1, 0.15) is 11.8 Å². The zero-order valence-electron chi connectivity index (χ0n) is 10.9. The predicted octanol–water partition coefficient (Wildman–Crippen LogP) is 4.53. The minimum atomic E-state index is 0.412. The molecule has 3 aromatic rings. The van der Waals surface area contributed by atoms with Crippen LogP contribution in [-0.4, -0.2) is 15.1 Å². The standard InChI is InChI=1S/C13H10Br2N4OS/c1-2-7-4-8(11(16)21-7)13-18-12(19-20-13)10-9(15)3-6(14)5-17-10/h3-5H,2,16H2,1H3. The van der Waals surface area contributed by atoms with E-state index in [0.29, 0.717) is 22.4 Å². The molecule has 5 nitrogen and oxygen atoms in total. The molecule has 0 bridgehead atoms. The van der Waals surface area contributed by atoms with E-state index < -0.39 is 0 Å². The topological polar surface area (TPSA) is 77.8 Å². The SMILES string of the molecule is CCc1cc(-c2nc(-c3ncc(Br)cc3Br)no2)c(N)s1. The van der Waals surface area contributed by atoms with Crippen molar-refractivity contribution < 1.29 is 4.52 Å². The molecule has 3 heterocycles. The second kappa shape index (κ2) is 5.86. The Kier molecular flexibility index (Phi) is 4.10. The molecular formula is C13H10Br2N4OS. The number of thiophene rings is 1. The van der Waals surface area contributed by atoms with E-state index in [1.807, 2.05) is 12.1 Å². The molecule has 21 heavy (non-hydrogen) atoms. The third-order valence-electron chi connectivity index (χ3n) is 2.84. The number of aromatic nitrogens is 3. The smallest absolute Gasteiger partial charge is 0.261 e. The highest BCUT2D eigenvalue weighted by Crippen LogP contribution is 2.35. The molecule has 0 amide bonds. The Hall–Kier alpha value is -1.25. The highest BCUT2D eigenvalue weighted by Gasteiger charge is 2.18. The third kappa shape index (κ3) is 2.88. The Morgan fingerprint density at radius 1 is 1.33 bits per heavy atom. The van der Waals surface area contributed by atoms with Gasteiger partial charge in [-0.15, -0.1) is 11.3 Å². The maximum atomic E-state index is 6.01. The molecule has 108 valence electrons. The molecule has 0 aliphatic carbocycles. The number of aryl methyl sites for hydroxylation is 1. The van der Waals surface area contributed by atoms with Gasteiger partial charge in [0.1, 0.15) is 5.69 Å². The van der Waals surface area contributed by atoms with Crippen LogP contribution in [0, 0.1) is 0 Å². The Balaban J connectivity index is 2.01. The number of rotatable bonds is 3. The van der Waals surface area contributed by atoms with Crippen molar-refractivity contribution in [2.24, 2.45) is 0 Å². The molecule has 0 saturated heterocycles. The number of nitrogens with two attached hydrogens (primary N) is 1. The summed E-state index contributed by atoms with van der Waals surface area (Å²) in [5.41, 5.74) is 7.41. The Morgan fingerprint density at radius 3 is 2.81 bits per heavy atom. The van der Waals surface area contributed by atoms with E-state index in [4.69, 9.17) is 10.3 Å². The van der Waals surface area contributed by atoms with E-state index in [1.165, 1.54) is 16.2 Å². The molecule has 0 spiro atoms. The number of nitrogen functional groups attached to an aromatic ring is 1. The Labute approximate surface area is 141 Å². The van der Waals surface area contributed by atoms with Crippen LogP contribution in [0.3, 0.4) is 0 Å². The second-order valence-corrected chi connectivity index (χ2v) is 7.19. The molecule has 0 fully saturated rings. The first-order valence-electron chi connectivity index (χ1n) is 6.12. The minimum Gasteiger partial charge on any atom is -0.390 e. The van der Waals surface area contributed by atoms with Crippen LogP contribution in [-0.2, 0) is 6.42 Å². The lowest BCUT2D eigenvalue weighted by atomic mass is 10.2. The summed E-state index contributed by atoms with van der Waals surface area (Å²) in [6, 6.07) is 3.87. The number of halogens is 2. The lowest BCUT2D eigenvalue weighted by Crippen LogP contribution is -1.88. The van der Waals surface area contributed by atoms with Crippen LogP contribution in [0.25, 0.3) is 23.0 Å². The lowest BCUT2D eigenvalue weighted by molar-refractivity contribution is 0.432. The quantitative estimate of drug-likeness (QED) is 0.661. The van der Waals surface area contributed by atoms with Gasteiger partial charge >= 0.3 is 0 Å². The minimum absolute atomic E-state index is 0.412. The molecule has 0 radical (unpaired) electrons. The first-order valence-corrected chi connectivity index (χ1v) is 8.52. The van der Waals surface area contributed by atoms with Gasteiger partial charge in [0.25, 0.3) is 5.89 Å². The molecule has 0 aliphatic heterocycles. The van der Waals surface area contributed by atoms with E-state index in [2.05, 4.69) is 53.9 Å². The fourth-order valence-corrected chi connectivity index (χ4v) is 3.83. The molecule has 3 aromatic heterocycles. The average molecular weight is 430 g/mol. The van der Waals surface area contributed by atoms with Gasteiger partial charge in [-0.1, -0.05) is 12.1 Å². The van der Waals surface area contributed by atoms with Crippen molar-refractivity contribution in [3.8, 4) is 23.0 Å². The van der Waals surface area contributed by atoms with Gasteiger partial charge in [0.15, 0.2) is 0 Å². The second-order valence-electron chi connectivity index (χ2n) is 4.25. The van der Waals surface area contributed by atoms with Gasteiger partial charge in [0.2, 0.25) is 5.82 Å². The van der Waals surface area contributed by atoms with E-state index in [-0.39, 0.29) is 0 Å². The van der Waals surface area contributed by atoms with Crippen molar-refractivity contribution in [1.29, 1.82) is 0 Å². The first kappa shape index (κ1) is 14.7. The van der Waals surface area contributed by atoms with Gasteiger partial charge in [-0.3, -0.25) is 4.98 Å². The predicted molar refractivity (Wildman–Crippen MR) is 90.0 cm³/mol. The van der Waals surface area contributed by atoms with E-state index in [9.17, 15) is 0 Å². The van der Waals surface area contributed by atoms with Crippen LogP contribution >= 0.6 is 43.2 Å². The molecule has 0 saturated carbocycles. The number of nitrogens with zero attached hydrogens (tertiary/aromatic N) is 3. The van der Waals surface area contributed by atoms with Gasteiger partial charge < -0.3 is 10.3 Å². The maximum absolute atomic E-state index is 6.01. The van der Waals surface area contributed by atoms with E-state index in [1.54, 1.807) is 6.20 Å². The number of hydrogen-bond acceptors (Lipinski definition) is 6. The molecule has 0 atom stereocenters. The van der Waals surface area contributed by atoms with Crippen molar-refractivity contribution in [2.45, 2.75) is 13.3 Å². The molecule has 3 rings (SSSR count). The average Bonchev–Trinajstić information content (AvgIpc) is 3.05. The largest absolute Gasteiger partial charge is 0.390 e. The summed E-state index contributed by atoms with van der Waals surface area (Å²) < 4.78 is 6.98. The number of pyridine rings is 1. The van der Waals surface area contributed by atoms with Crippen molar-refractivity contribution >= 4 is 48.2 Å². The normalized spacial score (nSPS) is 11.0. The van der Waals surface area contributed by atoms with Gasteiger partial charge in [-0.05, 0) is 50.4 Å². The highest BCUT2D eigenvalue weighted by atomic mass is 79.9. The van der Waals surface area contributed by atoms with Gasteiger partial charge in [0, 0.05) is 20.0 Å². The number of hydrogen-bond donors (Lipinski definition) is 1. The fourth-order valence-electron chi connectivity index (χ4n) is 1.81. The molecule has 8 heteroatoms. The van der Waals surface area contributed by atoms with Gasteiger partial charge in [0.05, 0.1) is 10.6 Å². The summed E-state index contributed by atoms with van der Waals surface area (Å²) >= 11 is 8.34. The van der Waals surface area contributed by atoms with Crippen LogP contribution in [0.15, 0.2) is 31.8 Å². The van der Waals surface area contributed by atoms with Crippen LogP contribution in [0.5, 0.6) is 0 Å². The zero-order chi connectivity index (χ0) is 15.0. The summed E-state index contributed by atoms with van der Waals surface area (Å²) in [5, 5.41) is 4.67. The van der Waals surface area contributed by atoms with Crippen LogP contribution < -0.4 is 5.73 Å². The van der Waals surface area contributed by atoms with Gasteiger partial charge in [-0.25, -0.2) is 0 Å². The zero-order valence-corrected chi connectivity index (χ0v) is 14.9. The van der Waals surface area contributed by atoms with Crippen molar-refractivity contribution in [2.75, 3.05) is 5.73 Å². The van der Waals surface area contributed by atoms with Crippen LogP contribution in [0.4, 0.5) is 5.00 Å². The lowest BCUT2D eigenvalue weighted by Gasteiger charge is -1.97. The Bertz CT molecular complexity index is 799. The Morgan fingerprint density at radius 2 is 2.14 bits per heavy atom. The molecule has 2 N–H and O–H groups in total. The summed E-state index contributed by atoms with van der Waals surface area (Å²) in [6.07, 6.45) is 2.61. The van der Waals surface area contributed by atoms with E-state index >= 15 is 0 Å². The molecular weight excluding hydrogens is 420 g/mol. The summed E-state index contributed by atoms with van der Waals surface area (Å²) in [6.45, 7) is 2.08.